The maximum atomic E-state index is 10.3. The summed E-state index contributed by atoms with van der Waals surface area (Å²) < 4.78 is 27.9. The fourth-order valence-corrected chi connectivity index (χ4v) is 4.70. The molecule has 0 aromatic heterocycles. The van der Waals surface area contributed by atoms with Gasteiger partial charge < -0.3 is 64.5 Å². The second-order valence-corrected chi connectivity index (χ2v) is 8.88. The molecule has 4 aliphatic rings. The molecule has 13 nitrogen and oxygen atoms in total. The van der Waals surface area contributed by atoms with E-state index in [1.807, 2.05) is 12.2 Å². The molecule has 0 spiro atoms. The Balaban J connectivity index is 1.41. The number of aliphatic hydroxyl groups excluding tert-OH is 8. The molecule has 2 saturated heterocycles. The Morgan fingerprint density at radius 2 is 1.35 bits per heavy atom. The van der Waals surface area contributed by atoms with Gasteiger partial charge in [0.05, 0.1) is 32.0 Å². The molecule has 2 fully saturated rings. The van der Waals surface area contributed by atoms with Gasteiger partial charge in [0, 0.05) is 0 Å². The van der Waals surface area contributed by atoms with Gasteiger partial charge in [-0.05, 0) is 24.0 Å². The summed E-state index contributed by atoms with van der Waals surface area (Å²) in [4.78, 5) is 0. The van der Waals surface area contributed by atoms with Gasteiger partial charge in [-0.15, -0.1) is 0 Å². The predicted octanol–water partition coefficient (Wildman–Crippen LogP) is -3.95. The number of fused-ring (bicyclic) bond motifs is 1. The number of allylic oxidation sites excluding steroid dienone is 2. The van der Waals surface area contributed by atoms with Crippen LogP contribution in [0.2, 0.25) is 0 Å². The summed E-state index contributed by atoms with van der Waals surface area (Å²) in [6, 6.07) is 0. The van der Waals surface area contributed by atoms with Gasteiger partial charge in [-0.3, -0.25) is 0 Å². The van der Waals surface area contributed by atoms with Crippen LogP contribution in [-0.2, 0) is 23.7 Å². The lowest BCUT2D eigenvalue weighted by Crippen LogP contribution is -2.60. The maximum absolute atomic E-state index is 10.3. The molecular weight excluding hydrogens is 460 g/mol. The lowest BCUT2D eigenvalue weighted by atomic mass is 9.89. The highest BCUT2D eigenvalue weighted by atomic mass is 16.8. The smallest absolute Gasteiger partial charge is 0.208 e. The van der Waals surface area contributed by atoms with Crippen LogP contribution in [0.25, 0.3) is 0 Å². The molecule has 0 amide bonds. The van der Waals surface area contributed by atoms with Crippen molar-refractivity contribution in [3.8, 4) is 0 Å². The maximum Gasteiger partial charge on any atom is 0.208 e. The molecule has 0 saturated carbocycles. The van der Waals surface area contributed by atoms with E-state index in [1.54, 1.807) is 0 Å². The van der Waals surface area contributed by atoms with Crippen LogP contribution in [0.4, 0.5) is 0 Å². The average Bonchev–Trinajstić information content (AvgIpc) is 3.26. The first kappa shape index (κ1) is 25.9. The summed E-state index contributed by atoms with van der Waals surface area (Å²) >= 11 is 0. The van der Waals surface area contributed by atoms with Gasteiger partial charge in [-0.2, -0.15) is 0 Å². The summed E-state index contributed by atoms with van der Waals surface area (Å²) in [6.45, 7) is -1.23. The van der Waals surface area contributed by atoms with E-state index >= 15 is 0 Å². The number of hydrogen-bond acceptors (Lipinski definition) is 13. The molecule has 13 heteroatoms. The summed E-state index contributed by atoms with van der Waals surface area (Å²) in [5, 5.41) is 79.0. The monoisotopic (exact) mass is 492 g/mol. The highest BCUT2D eigenvalue weighted by molar-refractivity contribution is 5.22. The largest absolute Gasteiger partial charge is 0.472 e. The van der Waals surface area contributed by atoms with Gasteiger partial charge in [-0.1, -0.05) is 6.08 Å². The van der Waals surface area contributed by atoms with E-state index in [2.05, 4.69) is 0 Å². The molecule has 3 heterocycles. The van der Waals surface area contributed by atoms with E-state index in [4.69, 9.17) is 23.7 Å². The minimum atomic E-state index is -1.60. The van der Waals surface area contributed by atoms with Crippen LogP contribution in [0.5, 0.6) is 0 Å². The number of hydrogen-bond donors (Lipinski definition) is 8. The van der Waals surface area contributed by atoms with Crippen molar-refractivity contribution in [2.45, 2.75) is 74.1 Å². The van der Waals surface area contributed by atoms with Crippen molar-refractivity contribution in [3.05, 3.63) is 24.0 Å². The molecule has 0 radical (unpaired) electrons. The van der Waals surface area contributed by atoms with Crippen molar-refractivity contribution < 1.29 is 64.5 Å². The van der Waals surface area contributed by atoms with Crippen molar-refractivity contribution >= 4 is 0 Å². The van der Waals surface area contributed by atoms with Crippen LogP contribution in [0.3, 0.4) is 0 Å². The van der Waals surface area contributed by atoms with Gasteiger partial charge in [0.2, 0.25) is 6.29 Å². The van der Waals surface area contributed by atoms with E-state index in [9.17, 15) is 40.9 Å². The fraction of sp³-hybridized carbons (Fsp3) is 0.810. The summed E-state index contributed by atoms with van der Waals surface area (Å²) in [7, 11) is 0. The third kappa shape index (κ3) is 4.89. The molecule has 13 atom stereocenters. The average molecular weight is 492 g/mol. The van der Waals surface area contributed by atoms with Gasteiger partial charge in [-0.25, -0.2) is 0 Å². The molecule has 0 aromatic rings. The Morgan fingerprint density at radius 3 is 1.97 bits per heavy atom. The van der Waals surface area contributed by atoms with E-state index in [-0.39, 0.29) is 12.5 Å². The summed E-state index contributed by atoms with van der Waals surface area (Å²) in [5.41, 5.74) is 0.709. The van der Waals surface area contributed by atoms with E-state index in [1.165, 1.54) is 6.26 Å². The van der Waals surface area contributed by atoms with Crippen LogP contribution in [0.15, 0.2) is 24.0 Å². The van der Waals surface area contributed by atoms with Crippen LogP contribution in [-0.4, -0.2) is 128 Å². The Labute approximate surface area is 195 Å². The lowest BCUT2D eigenvalue weighted by Gasteiger charge is -2.42. The number of ether oxygens (including phenoxy) is 5. The fourth-order valence-electron chi connectivity index (χ4n) is 4.70. The molecular formula is C21H32O13. The molecule has 4 rings (SSSR count). The summed E-state index contributed by atoms with van der Waals surface area (Å²) in [5.74, 6) is -0.445. The highest BCUT2D eigenvalue weighted by Gasteiger charge is 2.48. The highest BCUT2D eigenvalue weighted by Crippen LogP contribution is 2.41. The van der Waals surface area contributed by atoms with Crippen molar-refractivity contribution in [2.75, 3.05) is 19.8 Å². The molecule has 34 heavy (non-hydrogen) atoms. The zero-order valence-electron chi connectivity index (χ0n) is 18.2. The van der Waals surface area contributed by atoms with Crippen LogP contribution in [0.1, 0.15) is 6.42 Å². The quantitative estimate of drug-likeness (QED) is 0.160. The first-order valence-corrected chi connectivity index (χ1v) is 11.2. The number of rotatable bonds is 7. The third-order valence-corrected chi connectivity index (χ3v) is 6.75. The van der Waals surface area contributed by atoms with Crippen molar-refractivity contribution in [1.29, 1.82) is 0 Å². The van der Waals surface area contributed by atoms with E-state index < -0.39 is 86.8 Å². The minimum Gasteiger partial charge on any atom is -0.472 e. The Morgan fingerprint density at radius 1 is 0.765 bits per heavy atom. The zero-order valence-corrected chi connectivity index (χ0v) is 18.2. The first-order valence-electron chi connectivity index (χ1n) is 11.2. The van der Waals surface area contributed by atoms with Crippen molar-refractivity contribution in [3.63, 3.8) is 0 Å². The molecule has 0 aromatic carbocycles. The third-order valence-electron chi connectivity index (χ3n) is 6.75. The van der Waals surface area contributed by atoms with E-state index in [0.29, 0.717) is 12.0 Å². The van der Waals surface area contributed by atoms with Gasteiger partial charge in [0.1, 0.15) is 48.8 Å². The summed E-state index contributed by atoms with van der Waals surface area (Å²) in [6.07, 6.45) is -9.42. The molecule has 13 unspecified atom stereocenters. The standard InChI is InChI=1S/C21H32O13/c22-5-10-13(24)15(26)17(28)20(32-10)31-7-9-2-1-8-3-4-30-19(12(8)9)34-21-18(29)16(27)14(25)11(6-23)33-21/h2-4,8,10-29H,1,5-7H2. The molecule has 3 aliphatic heterocycles. The van der Waals surface area contributed by atoms with Gasteiger partial charge in [0.15, 0.2) is 12.6 Å². The molecule has 1 aliphatic carbocycles. The van der Waals surface area contributed by atoms with Crippen molar-refractivity contribution in [2.24, 2.45) is 11.8 Å². The van der Waals surface area contributed by atoms with Gasteiger partial charge >= 0.3 is 0 Å². The normalized spacial score (nSPS) is 48.8. The minimum absolute atomic E-state index is 0.0444. The van der Waals surface area contributed by atoms with Gasteiger partial charge in [0.25, 0.3) is 0 Å². The Hall–Kier alpha value is -1.20. The predicted molar refractivity (Wildman–Crippen MR) is 108 cm³/mol. The second-order valence-electron chi connectivity index (χ2n) is 8.88. The first-order chi connectivity index (χ1) is 16.3. The van der Waals surface area contributed by atoms with Crippen LogP contribution in [0, 0.1) is 11.8 Å². The van der Waals surface area contributed by atoms with Crippen molar-refractivity contribution in [1.82, 2.24) is 0 Å². The Kier molecular flexibility index (Phi) is 8.24. The number of aliphatic hydroxyl groups is 8. The van der Waals surface area contributed by atoms with Crippen LogP contribution < -0.4 is 0 Å². The zero-order chi connectivity index (χ0) is 24.6. The molecule has 0 bridgehead atoms. The van der Waals surface area contributed by atoms with Crippen LogP contribution >= 0.6 is 0 Å². The molecule has 8 N–H and O–H groups in total. The topological polar surface area (TPSA) is 208 Å². The SMILES string of the molecule is OCC1OC(OCC2=CCC3C=COC(OC4OC(CO)C(O)C(O)C4O)C23)C(O)C(O)C1O. The Bertz CT molecular complexity index is 742. The second kappa shape index (κ2) is 10.8. The van der Waals surface area contributed by atoms with E-state index in [0.717, 1.165) is 0 Å². The lowest BCUT2D eigenvalue weighted by molar-refractivity contribution is -0.339. The molecule has 194 valence electrons.